The topological polar surface area (TPSA) is 80.9 Å². The average molecular weight is 540 g/mol. The maximum absolute atomic E-state index is 14.7. The van der Waals surface area contributed by atoms with Crippen molar-refractivity contribution < 1.29 is 45.3 Å². The van der Waals surface area contributed by atoms with Gasteiger partial charge < -0.3 is 14.2 Å². The Kier molecular flexibility index (Phi) is 8.51. The fourth-order valence-corrected chi connectivity index (χ4v) is 5.13. The third-order valence-corrected chi connectivity index (χ3v) is 7.10. The van der Waals surface area contributed by atoms with Crippen molar-refractivity contribution in [3.8, 4) is 0 Å². The van der Waals surface area contributed by atoms with Crippen LogP contribution in [0.5, 0.6) is 0 Å². The van der Waals surface area contributed by atoms with Crippen molar-refractivity contribution in [2.75, 3.05) is 0 Å². The number of rotatable bonds is 3. The van der Waals surface area contributed by atoms with Gasteiger partial charge in [-0.1, -0.05) is 30.3 Å². The van der Waals surface area contributed by atoms with Crippen molar-refractivity contribution in [3.63, 3.8) is 0 Å². The van der Waals surface area contributed by atoms with Crippen LogP contribution in [-0.4, -0.2) is 54.6 Å². The Morgan fingerprint density at radius 3 is 2.43 bits per heavy atom. The van der Waals surface area contributed by atoms with Crippen LogP contribution in [-0.2, 0) is 25.6 Å². The molecule has 3 aliphatic rings. The van der Waals surface area contributed by atoms with Crippen LogP contribution in [0.25, 0.3) is 0 Å². The minimum Gasteiger partial charge on any atom is -0.359 e. The molecule has 4 rings (SSSR count). The van der Waals surface area contributed by atoms with Gasteiger partial charge in [-0.15, -0.1) is 0 Å². The molecule has 5 unspecified atom stereocenters. The smallest absolute Gasteiger partial charge is 0.359 e. The van der Waals surface area contributed by atoms with Crippen molar-refractivity contribution in [3.05, 3.63) is 35.9 Å². The van der Waals surface area contributed by atoms with E-state index in [-0.39, 0.29) is 38.7 Å². The number of ether oxygens (including phenoxy) is 3. The molecule has 1 aromatic carbocycles. The van der Waals surface area contributed by atoms with E-state index in [2.05, 4.69) is 16.2 Å². The zero-order valence-electron chi connectivity index (χ0n) is 20.2. The van der Waals surface area contributed by atoms with Crippen molar-refractivity contribution in [2.45, 2.75) is 101 Å². The van der Waals surface area contributed by atoms with Crippen LogP contribution in [0.4, 0.5) is 26.3 Å². The van der Waals surface area contributed by atoms with Crippen molar-refractivity contribution in [1.29, 1.82) is 0 Å². The highest BCUT2D eigenvalue weighted by Crippen LogP contribution is 2.44. The Balaban J connectivity index is 1.62. The van der Waals surface area contributed by atoms with Gasteiger partial charge in [0.25, 0.3) is 0 Å². The van der Waals surface area contributed by atoms with Gasteiger partial charge in [0.2, 0.25) is 5.60 Å². The summed E-state index contributed by atoms with van der Waals surface area (Å²) < 4.78 is 102. The molecule has 3 saturated heterocycles. The second-order valence-electron chi connectivity index (χ2n) is 9.85. The number of benzene rings is 1. The zero-order chi connectivity index (χ0) is 26.8. The SMILES string of the molecule is C[C@@H]1CC(=O)CCC[C@](OCc2ccccc2)(C(F)(F)F)C2NNC(O2)C2CCC(C(F)(F)F)C(N2)O1. The number of fused-ring (bicyclic) bond motifs is 5. The monoisotopic (exact) mass is 539 g/mol. The molecule has 208 valence electrons. The van der Waals surface area contributed by atoms with Gasteiger partial charge in [0, 0.05) is 12.8 Å². The highest BCUT2D eigenvalue weighted by molar-refractivity contribution is 5.78. The number of ketones is 1. The van der Waals surface area contributed by atoms with E-state index in [1.807, 2.05) is 0 Å². The van der Waals surface area contributed by atoms with Gasteiger partial charge in [-0.3, -0.25) is 10.1 Å². The van der Waals surface area contributed by atoms with E-state index in [1.54, 1.807) is 30.3 Å². The lowest BCUT2D eigenvalue weighted by Crippen LogP contribution is -2.61. The molecule has 0 saturated carbocycles. The molecule has 7 nitrogen and oxygen atoms in total. The van der Waals surface area contributed by atoms with Crippen LogP contribution in [0.3, 0.4) is 0 Å². The van der Waals surface area contributed by atoms with E-state index in [9.17, 15) is 31.1 Å². The van der Waals surface area contributed by atoms with E-state index >= 15 is 0 Å². The number of carbonyl (C=O) groups excluding carboxylic acids is 1. The molecule has 3 heterocycles. The normalized spacial score (nSPS) is 36.2. The molecule has 4 bridgehead atoms. The number of piperidine rings is 1. The van der Waals surface area contributed by atoms with E-state index in [4.69, 9.17) is 14.2 Å². The number of alkyl halides is 6. The van der Waals surface area contributed by atoms with E-state index in [0.29, 0.717) is 5.56 Å². The first-order chi connectivity index (χ1) is 17.4. The molecule has 3 N–H and O–H groups in total. The Morgan fingerprint density at radius 2 is 1.76 bits per heavy atom. The molecule has 0 spiro atoms. The second kappa shape index (κ2) is 11.1. The number of hydrazine groups is 1. The van der Waals surface area contributed by atoms with Gasteiger partial charge in [-0.25, -0.2) is 10.9 Å². The minimum atomic E-state index is -4.89. The first-order valence-corrected chi connectivity index (χ1v) is 12.3. The van der Waals surface area contributed by atoms with Crippen LogP contribution < -0.4 is 16.2 Å². The Hall–Kier alpha value is -1.77. The molecule has 0 amide bonds. The number of Topliss-reactive ketones (excluding diaryl/α,β-unsaturated/α-hetero) is 1. The third kappa shape index (κ3) is 6.45. The average Bonchev–Trinajstić information content (AvgIpc) is 3.30. The van der Waals surface area contributed by atoms with Crippen molar-refractivity contribution in [2.24, 2.45) is 5.92 Å². The highest BCUT2D eigenvalue weighted by Gasteiger charge is 2.63. The fraction of sp³-hybridized carbons (Fsp3) is 0.708. The predicted octanol–water partition coefficient (Wildman–Crippen LogP) is 4.09. The fourth-order valence-electron chi connectivity index (χ4n) is 5.13. The number of hydrogen-bond donors (Lipinski definition) is 3. The summed E-state index contributed by atoms with van der Waals surface area (Å²) in [5.74, 6) is -2.24. The van der Waals surface area contributed by atoms with Crippen LogP contribution >= 0.6 is 0 Å². The van der Waals surface area contributed by atoms with Gasteiger partial charge in [-0.2, -0.15) is 26.3 Å². The number of carbonyl (C=O) groups is 1. The molecular formula is C24H31F6N3O4. The summed E-state index contributed by atoms with van der Waals surface area (Å²) in [6, 6.07) is 7.55. The molecule has 0 aromatic heterocycles. The lowest BCUT2D eigenvalue weighted by Gasteiger charge is -2.42. The lowest BCUT2D eigenvalue weighted by molar-refractivity contribution is -0.321. The van der Waals surface area contributed by atoms with E-state index in [0.717, 1.165) is 0 Å². The predicted molar refractivity (Wildman–Crippen MR) is 118 cm³/mol. The molecule has 1 aromatic rings. The maximum Gasteiger partial charge on any atom is 0.421 e. The molecule has 3 aliphatic heterocycles. The molecule has 0 aliphatic carbocycles. The summed E-state index contributed by atoms with van der Waals surface area (Å²) in [6.45, 7) is 1.12. The maximum atomic E-state index is 14.7. The Labute approximate surface area is 210 Å². The van der Waals surface area contributed by atoms with Crippen LogP contribution in [0.1, 0.15) is 51.0 Å². The van der Waals surface area contributed by atoms with Gasteiger partial charge >= 0.3 is 12.4 Å². The molecule has 37 heavy (non-hydrogen) atoms. The number of halogens is 6. The largest absolute Gasteiger partial charge is 0.421 e. The quantitative estimate of drug-likeness (QED) is 0.500. The summed E-state index contributed by atoms with van der Waals surface area (Å²) in [5.41, 5.74) is 2.88. The summed E-state index contributed by atoms with van der Waals surface area (Å²) in [7, 11) is 0. The van der Waals surface area contributed by atoms with E-state index in [1.165, 1.54) is 6.92 Å². The Bertz CT molecular complexity index is 918. The summed E-state index contributed by atoms with van der Waals surface area (Å²) in [5, 5.41) is 2.76. The third-order valence-electron chi connectivity index (χ3n) is 7.10. The Morgan fingerprint density at radius 1 is 1.03 bits per heavy atom. The second-order valence-corrected chi connectivity index (χ2v) is 9.85. The summed E-state index contributed by atoms with van der Waals surface area (Å²) >= 11 is 0. The summed E-state index contributed by atoms with van der Waals surface area (Å²) in [4.78, 5) is 12.5. The van der Waals surface area contributed by atoms with Crippen LogP contribution in [0.2, 0.25) is 0 Å². The molecule has 7 atom stereocenters. The number of nitrogens with one attached hydrogen (secondary N) is 3. The van der Waals surface area contributed by atoms with Gasteiger partial charge in [0.1, 0.15) is 18.2 Å². The number of hydrogen-bond acceptors (Lipinski definition) is 7. The van der Waals surface area contributed by atoms with Gasteiger partial charge in [0.15, 0.2) is 6.23 Å². The van der Waals surface area contributed by atoms with Gasteiger partial charge in [-0.05, 0) is 38.2 Å². The first-order valence-electron chi connectivity index (χ1n) is 12.3. The minimum absolute atomic E-state index is 0.0205. The van der Waals surface area contributed by atoms with Crippen LogP contribution in [0, 0.1) is 5.92 Å². The molecule has 13 heteroatoms. The summed E-state index contributed by atoms with van der Waals surface area (Å²) in [6.07, 6.45) is -16.1. The van der Waals surface area contributed by atoms with Crippen LogP contribution in [0.15, 0.2) is 30.3 Å². The highest BCUT2D eigenvalue weighted by atomic mass is 19.4. The molecular weight excluding hydrogens is 508 g/mol. The standard InChI is InChI=1S/C24H31F6N3O4/c1-14-12-16(34)8-5-11-22(24(28,29)30,35-13-15-6-3-2-4-7-15)21-33-32-20(37-21)18-10-9-17(23(25,26)27)19(31-18)36-14/h2-4,6-7,14,17-21,31-33H,5,8-13H2,1H3/t14-,17?,18?,19?,20?,21?,22-/m1/s1. The molecule has 3 fully saturated rings. The van der Waals surface area contributed by atoms with Crippen molar-refractivity contribution >= 4 is 5.78 Å². The first kappa shape index (κ1) is 28.2. The molecule has 0 radical (unpaired) electrons. The zero-order valence-corrected chi connectivity index (χ0v) is 20.2. The lowest BCUT2D eigenvalue weighted by atomic mass is 9.90. The van der Waals surface area contributed by atoms with E-state index < -0.39 is 66.9 Å². The van der Waals surface area contributed by atoms with Gasteiger partial charge in [0.05, 0.1) is 24.7 Å². The van der Waals surface area contributed by atoms with Crippen molar-refractivity contribution in [1.82, 2.24) is 16.2 Å².